The summed E-state index contributed by atoms with van der Waals surface area (Å²) in [6.07, 6.45) is 4.04. The summed E-state index contributed by atoms with van der Waals surface area (Å²) in [5, 5.41) is 6.89. The quantitative estimate of drug-likeness (QED) is 0.649. The minimum atomic E-state index is 0.251. The number of hydrogen-bond acceptors (Lipinski definition) is 2. The standard InChI is InChI=1S/C18H30N4/c1-15-9-7-8-13-22(15)14-12-20-18(19-3)21-16(2)17-10-5-4-6-11-17/h4-6,10-11,15-16H,7-9,12-14H2,1-3H3,(H2,19,20,21). The fraction of sp³-hybridized carbons (Fsp3) is 0.611. The lowest BCUT2D eigenvalue weighted by atomic mass is 10.0. The van der Waals surface area contributed by atoms with Gasteiger partial charge in [-0.3, -0.25) is 9.89 Å². The van der Waals surface area contributed by atoms with Gasteiger partial charge in [0.2, 0.25) is 0 Å². The highest BCUT2D eigenvalue weighted by Gasteiger charge is 2.17. The van der Waals surface area contributed by atoms with E-state index in [-0.39, 0.29) is 6.04 Å². The monoisotopic (exact) mass is 302 g/mol. The van der Waals surface area contributed by atoms with Crippen LogP contribution in [0.2, 0.25) is 0 Å². The number of likely N-dealkylation sites (tertiary alicyclic amines) is 1. The van der Waals surface area contributed by atoms with Gasteiger partial charge in [0.25, 0.3) is 0 Å². The van der Waals surface area contributed by atoms with Crippen LogP contribution >= 0.6 is 0 Å². The van der Waals surface area contributed by atoms with E-state index >= 15 is 0 Å². The molecule has 1 heterocycles. The lowest BCUT2D eigenvalue weighted by Crippen LogP contribution is -2.45. The molecule has 1 fully saturated rings. The number of piperidine rings is 1. The van der Waals surface area contributed by atoms with Crippen molar-refractivity contribution < 1.29 is 0 Å². The number of hydrogen-bond donors (Lipinski definition) is 2. The van der Waals surface area contributed by atoms with Gasteiger partial charge in [0.1, 0.15) is 0 Å². The van der Waals surface area contributed by atoms with E-state index in [1.165, 1.54) is 31.4 Å². The first-order valence-electron chi connectivity index (χ1n) is 8.47. The van der Waals surface area contributed by atoms with E-state index in [2.05, 4.69) is 58.6 Å². The molecule has 2 unspecified atom stereocenters. The van der Waals surface area contributed by atoms with Crippen molar-refractivity contribution >= 4 is 5.96 Å². The fourth-order valence-electron chi connectivity index (χ4n) is 3.03. The van der Waals surface area contributed by atoms with E-state index in [9.17, 15) is 0 Å². The maximum atomic E-state index is 4.33. The highest BCUT2D eigenvalue weighted by atomic mass is 15.2. The number of nitrogens with one attached hydrogen (secondary N) is 2. The van der Waals surface area contributed by atoms with E-state index in [1.807, 2.05) is 13.1 Å². The Bertz CT molecular complexity index is 457. The normalized spacial score (nSPS) is 21.4. The first kappa shape index (κ1) is 16.8. The van der Waals surface area contributed by atoms with Gasteiger partial charge in [0.15, 0.2) is 5.96 Å². The van der Waals surface area contributed by atoms with Gasteiger partial charge in [-0.15, -0.1) is 0 Å². The zero-order chi connectivity index (χ0) is 15.8. The van der Waals surface area contributed by atoms with Gasteiger partial charge in [-0.25, -0.2) is 0 Å². The number of guanidine groups is 1. The smallest absolute Gasteiger partial charge is 0.191 e. The first-order chi connectivity index (χ1) is 10.7. The lowest BCUT2D eigenvalue weighted by Gasteiger charge is -2.33. The molecule has 0 saturated carbocycles. The molecule has 4 nitrogen and oxygen atoms in total. The summed E-state index contributed by atoms with van der Waals surface area (Å²) in [6, 6.07) is 11.4. The molecule has 1 saturated heterocycles. The Kier molecular flexibility index (Phi) is 6.72. The Labute approximate surface area is 135 Å². The topological polar surface area (TPSA) is 39.7 Å². The van der Waals surface area contributed by atoms with E-state index in [4.69, 9.17) is 0 Å². The largest absolute Gasteiger partial charge is 0.355 e. The molecular formula is C18H30N4. The number of aliphatic imine (C=N–C) groups is 1. The zero-order valence-corrected chi connectivity index (χ0v) is 14.2. The number of benzene rings is 1. The van der Waals surface area contributed by atoms with Crippen molar-refractivity contribution in [2.75, 3.05) is 26.7 Å². The van der Waals surface area contributed by atoms with Crippen molar-refractivity contribution in [3.05, 3.63) is 35.9 Å². The van der Waals surface area contributed by atoms with Crippen molar-refractivity contribution in [1.29, 1.82) is 0 Å². The average Bonchev–Trinajstić information content (AvgIpc) is 2.56. The minimum Gasteiger partial charge on any atom is -0.355 e. The first-order valence-corrected chi connectivity index (χ1v) is 8.47. The SMILES string of the molecule is CN=C(NCCN1CCCCC1C)NC(C)c1ccccc1. The molecule has 2 rings (SSSR count). The van der Waals surface area contributed by atoms with Crippen molar-refractivity contribution in [2.45, 2.75) is 45.2 Å². The van der Waals surface area contributed by atoms with Crippen molar-refractivity contribution in [2.24, 2.45) is 4.99 Å². The lowest BCUT2D eigenvalue weighted by molar-refractivity contribution is 0.163. The summed E-state index contributed by atoms with van der Waals surface area (Å²) in [5.74, 6) is 0.876. The van der Waals surface area contributed by atoms with Crippen LogP contribution in [0.15, 0.2) is 35.3 Å². The molecule has 1 aliphatic heterocycles. The molecule has 22 heavy (non-hydrogen) atoms. The second kappa shape index (κ2) is 8.79. The van der Waals surface area contributed by atoms with Crippen LogP contribution in [0.3, 0.4) is 0 Å². The van der Waals surface area contributed by atoms with Crippen LogP contribution in [0.25, 0.3) is 0 Å². The maximum absolute atomic E-state index is 4.33. The molecule has 2 atom stereocenters. The van der Waals surface area contributed by atoms with Crippen LogP contribution in [0, 0.1) is 0 Å². The molecule has 0 bridgehead atoms. The van der Waals surface area contributed by atoms with E-state index < -0.39 is 0 Å². The van der Waals surface area contributed by atoms with E-state index in [0.717, 1.165) is 19.0 Å². The van der Waals surface area contributed by atoms with Gasteiger partial charge >= 0.3 is 0 Å². The molecule has 0 aliphatic carbocycles. The van der Waals surface area contributed by atoms with Crippen LogP contribution < -0.4 is 10.6 Å². The Hall–Kier alpha value is -1.55. The molecule has 1 aromatic rings. The molecule has 0 spiro atoms. The molecule has 1 aliphatic rings. The molecule has 1 aromatic carbocycles. The second-order valence-electron chi connectivity index (χ2n) is 6.16. The van der Waals surface area contributed by atoms with Crippen LogP contribution in [0.1, 0.15) is 44.7 Å². The van der Waals surface area contributed by atoms with Crippen molar-refractivity contribution in [1.82, 2.24) is 15.5 Å². The summed E-state index contributed by atoms with van der Waals surface area (Å²) in [5.41, 5.74) is 1.27. The molecule has 2 N–H and O–H groups in total. The maximum Gasteiger partial charge on any atom is 0.191 e. The van der Waals surface area contributed by atoms with E-state index in [0.29, 0.717) is 6.04 Å². The van der Waals surface area contributed by atoms with Crippen LogP contribution in [-0.2, 0) is 0 Å². The van der Waals surface area contributed by atoms with Crippen LogP contribution in [0.5, 0.6) is 0 Å². The third-order valence-electron chi connectivity index (χ3n) is 4.51. The third kappa shape index (κ3) is 5.02. The van der Waals surface area contributed by atoms with Gasteiger partial charge in [-0.05, 0) is 38.8 Å². The van der Waals surface area contributed by atoms with E-state index in [1.54, 1.807) is 0 Å². The average molecular weight is 302 g/mol. The Morgan fingerprint density at radius 2 is 2.09 bits per heavy atom. The highest BCUT2D eigenvalue weighted by Crippen LogP contribution is 2.15. The molecular weight excluding hydrogens is 272 g/mol. The second-order valence-corrected chi connectivity index (χ2v) is 6.16. The highest BCUT2D eigenvalue weighted by molar-refractivity contribution is 5.80. The minimum absolute atomic E-state index is 0.251. The summed E-state index contributed by atoms with van der Waals surface area (Å²) in [6.45, 7) is 7.75. The van der Waals surface area contributed by atoms with Gasteiger partial charge < -0.3 is 10.6 Å². The summed E-state index contributed by atoms with van der Waals surface area (Å²) >= 11 is 0. The van der Waals surface area contributed by atoms with Gasteiger partial charge in [0.05, 0.1) is 6.04 Å². The molecule has 4 heteroatoms. The predicted molar refractivity (Wildman–Crippen MR) is 94.2 cm³/mol. The van der Waals surface area contributed by atoms with Gasteiger partial charge in [0, 0.05) is 26.2 Å². The third-order valence-corrected chi connectivity index (χ3v) is 4.51. The summed E-state index contributed by atoms with van der Waals surface area (Å²) in [7, 11) is 1.83. The molecule has 0 radical (unpaired) electrons. The fourth-order valence-corrected chi connectivity index (χ4v) is 3.03. The zero-order valence-electron chi connectivity index (χ0n) is 14.2. The number of rotatable bonds is 5. The Balaban J connectivity index is 1.75. The van der Waals surface area contributed by atoms with Crippen LogP contribution in [-0.4, -0.2) is 43.6 Å². The molecule has 0 amide bonds. The van der Waals surface area contributed by atoms with Gasteiger partial charge in [-0.2, -0.15) is 0 Å². The Morgan fingerprint density at radius 1 is 1.32 bits per heavy atom. The Morgan fingerprint density at radius 3 is 2.77 bits per heavy atom. The molecule has 122 valence electrons. The van der Waals surface area contributed by atoms with Gasteiger partial charge in [-0.1, -0.05) is 36.8 Å². The predicted octanol–water partition coefficient (Wildman–Crippen LogP) is 2.79. The summed E-state index contributed by atoms with van der Waals surface area (Å²) in [4.78, 5) is 6.90. The number of nitrogens with zero attached hydrogens (tertiary/aromatic N) is 2. The van der Waals surface area contributed by atoms with Crippen LogP contribution in [0.4, 0.5) is 0 Å². The van der Waals surface area contributed by atoms with Crippen molar-refractivity contribution in [3.63, 3.8) is 0 Å². The van der Waals surface area contributed by atoms with Crippen molar-refractivity contribution in [3.8, 4) is 0 Å². The molecule has 0 aromatic heterocycles. The summed E-state index contributed by atoms with van der Waals surface area (Å²) < 4.78 is 0.